The number of rotatable bonds is 5. The fourth-order valence-electron chi connectivity index (χ4n) is 2.13. The molecular weight excluding hydrogens is 272 g/mol. The van der Waals surface area contributed by atoms with Gasteiger partial charge < -0.3 is 20.7 Å². The van der Waals surface area contributed by atoms with Crippen molar-refractivity contribution >= 4 is 22.9 Å². The molecule has 2 amide bonds. The number of fused-ring (bicyclic) bond motifs is 1. The Morgan fingerprint density at radius 3 is 2.86 bits per heavy atom. The number of para-hydroxylation sites is 1. The van der Waals surface area contributed by atoms with E-state index < -0.39 is 18.0 Å². The van der Waals surface area contributed by atoms with E-state index in [1.54, 1.807) is 12.3 Å². The van der Waals surface area contributed by atoms with Crippen LogP contribution in [0.5, 0.6) is 0 Å². The number of hydrogen-bond donors (Lipinski definition) is 4. The highest BCUT2D eigenvalue weighted by Gasteiger charge is 2.21. The molecule has 0 fully saturated rings. The molecule has 1 aromatic heterocycles. The van der Waals surface area contributed by atoms with E-state index in [9.17, 15) is 9.59 Å². The second-order valence-electron chi connectivity index (χ2n) is 4.44. The Morgan fingerprint density at radius 1 is 1.38 bits per heavy atom. The second-order valence-corrected chi connectivity index (χ2v) is 4.44. The monoisotopic (exact) mass is 286 g/mol. The summed E-state index contributed by atoms with van der Waals surface area (Å²) in [6, 6.07) is 8.38. The van der Waals surface area contributed by atoms with Gasteiger partial charge >= 0.3 is 6.09 Å². The highest BCUT2D eigenvalue weighted by Crippen LogP contribution is 2.19. The SMILES string of the molecule is N#CCNC(=O)C(Cc1c[nH]c2ccccc12)NC(=O)O. The van der Waals surface area contributed by atoms with E-state index in [1.807, 2.05) is 24.3 Å². The third-order valence-corrected chi connectivity index (χ3v) is 3.05. The predicted octanol–water partition coefficient (Wildman–Crippen LogP) is 0.986. The zero-order valence-corrected chi connectivity index (χ0v) is 11.1. The summed E-state index contributed by atoms with van der Waals surface area (Å²) in [7, 11) is 0. The first-order valence-corrected chi connectivity index (χ1v) is 6.31. The van der Waals surface area contributed by atoms with Gasteiger partial charge in [-0.3, -0.25) is 4.79 Å². The average molecular weight is 286 g/mol. The van der Waals surface area contributed by atoms with Crippen molar-refractivity contribution < 1.29 is 14.7 Å². The molecule has 7 nitrogen and oxygen atoms in total. The molecule has 0 bridgehead atoms. The number of nitriles is 1. The first-order chi connectivity index (χ1) is 10.1. The fraction of sp³-hybridized carbons (Fsp3) is 0.214. The number of nitrogens with zero attached hydrogens (tertiary/aromatic N) is 1. The van der Waals surface area contributed by atoms with Gasteiger partial charge in [-0.05, 0) is 11.6 Å². The van der Waals surface area contributed by atoms with E-state index in [0.29, 0.717) is 0 Å². The molecule has 1 aromatic carbocycles. The van der Waals surface area contributed by atoms with Gasteiger partial charge in [0.1, 0.15) is 12.6 Å². The summed E-state index contributed by atoms with van der Waals surface area (Å²) >= 11 is 0. The molecule has 4 N–H and O–H groups in total. The smallest absolute Gasteiger partial charge is 0.405 e. The predicted molar refractivity (Wildman–Crippen MR) is 75.6 cm³/mol. The molecule has 108 valence electrons. The third kappa shape index (κ3) is 3.51. The number of carboxylic acid groups (broad SMARTS) is 1. The van der Waals surface area contributed by atoms with E-state index >= 15 is 0 Å². The largest absolute Gasteiger partial charge is 0.465 e. The van der Waals surface area contributed by atoms with Crippen LogP contribution in [0.4, 0.5) is 4.79 Å². The van der Waals surface area contributed by atoms with Gasteiger partial charge in [-0.2, -0.15) is 5.26 Å². The lowest BCUT2D eigenvalue weighted by Gasteiger charge is -2.15. The van der Waals surface area contributed by atoms with Crippen LogP contribution < -0.4 is 10.6 Å². The van der Waals surface area contributed by atoms with Gasteiger partial charge in [0.15, 0.2) is 0 Å². The zero-order chi connectivity index (χ0) is 15.2. The van der Waals surface area contributed by atoms with Gasteiger partial charge in [0.2, 0.25) is 5.91 Å². The van der Waals surface area contributed by atoms with Crippen LogP contribution in [0.15, 0.2) is 30.5 Å². The normalized spacial score (nSPS) is 11.6. The van der Waals surface area contributed by atoms with E-state index in [1.165, 1.54) is 0 Å². The Kier molecular flexibility index (Phi) is 4.41. The molecule has 0 aliphatic rings. The van der Waals surface area contributed by atoms with Crippen molar-refractivity contribution in [3.63, 3.8) is 0 Å². The maximum absolute atomic E-state index is 11.9. The van der Waals surface area contributed by atoms with Gasteiger partial charge in [-0.25, -0.2) is 4.79 Å². The van der Waals surface area contributed by atoms with Crippen molar-refractivity contribution in [3.05, 3.63) is 36.0 Å². The molecule has 0 aliphatic heterocycles. The number of amides is 2. The van der Waals surface area contributed by atoms with Crippen molar-refractivity contribution in [1.29, 1.82) is 5.26 Å². The van der Waals surface area contributed by atoms with Gasteiger partial charge in [0, 0.05) is 23.5 Å². The first kappa shape index (κ1) is 14.4. The van der Waals surface area contributed by atoms with E-state index in [0.717, 1.165) is 16.5 Å². The molecule has 0 spiro atoms. The number of carbonyl (C=O) groups is 2. The number of aromatic nitrogens is 1. The second kappa shape index (κ2) is 6.43. The lowest BCUT2D eigenvalue weighted by Crippen LogP contribution is -2.47. The number of H-pyrrole nitrogens is 1. The minimum Gasteiger partial charge on any atom is -0.465 e. The standard InChI is InChI=1S/C14H14N4O3/c15-5-6-16-13(19)12(18-14(20)21)7-9-8-17-11-4-2-1-3-10(9)11/h1-4,8,12,17-18H,6-7H2,(H,16,19)(H,20,21). The van der Waals surface area contributed by atoms with Gasteiger partial charge in [0.05, 0.1) is 6.07 Å². The van der Waals surface area contributed by atoms with Crippen LogP contribution in [0.3, 0.4) is 0 Å². The molecule has 21 heavy (non-hydrogen) atoms. The Balaban J connectivity index is 2.20. The highest BCUT2D eigenvalue weighted by molar-refractivity contribution is 5.88. The zero-order valence-electron chi connectivity index (χ0n) is 11.1. The molecular formula is C14H14N4O3. The fourth-order valence-corrected chi connectivity index (χ4v) is 2.13. The summed E-state index contributed by atoms with van der Waals surface area (Å²) < 4.78 is 0. The molecule has 2 aromatic rings. The lowest BCUT2D eigenvalue weighted by atomic mass is 10.0. The van der Waals surface area contributed by atoms with Crippen LogP contribution in [0.1, 0.15) is 5.56 Å². The minimum atomic E-state index is -1.29. The minimum absolute atomic E-state index is 0.162. The van der Waals surface area contributed by atoms with Gasteiger partial charge in [-0.1, -0.05) is 18.2 Å². The molecule has 1 unspecified atom stereocenters. The van der Waals surface area contributed by atoms with E-state index in [2.05, 4.69) is 15.6 Å². The molecule has 1 atom stereocenters. The van der Waals surface area contributed by atoms with Crippen LogP contribution in [-0.4, -0.2) is 34.7 Å². The van der Waals surface area contributed by atoms with Crippen molar-refractivity contribution in [1.82, 2.24) is 15.6 Å². The number of nitrogens with one attached hydrogen (secondary N) is 3. The van der Waals surface area contributed by atoms with Crippen molar-refractivity contribution in [2.45, 2.75) is 12.5 Å². The number of hydrogen-bond acceptors (Lipinski definition) is 3. The number of carbonyl (C=O) groups excluding carboxylic acids is 1. The summed E-state index contributed by atoms with van der Waals surface area (Å²) in [6.45, 7) is -0.162. The highest BCUT2D eigenvalue weighted by atomic mass is 16.4. The summed E-state index contributed by atoms with van der Waals surface area (Å²) in [5.41, 5.74) is 1.75. The third-order valence-electron chi connectivity index (χ3n) is 3.05. The van der Waals surface area contributed by atoms with Crippen molar-refractivity contribution in [3.8, 4) is 6.07 Å². The summed E-state index contributed by atoms with van der Waals surface area (Å²) in [6.07, 6.45) is 0.666. The Morgan fingerprint density at radius 2 is 2.14 bits per heavy atom. The van der Waals surface area contributed by atoms with Crippen LogP contribution in [-0.2, 0) is 11.2 Å². The van der Waals surface area contributed by atoms with E-state index in [-0.39, 0.29) is 13.0 Å². The molecule has 0 aliphatic carbocycles. The summed E-state index contributed by atoms with van der Waals surface area (Å²) in [5, 5.41) is 22.8. The quantitative estimate of drug-likeness (QED) is 0.613. The maximum Gasteiger partial charge on any atom is 0.405 e. The summed E-state index contributed by atoms with van der Waals surface area (Å²) in [4.78, 5) is 25.8. The van der Waals surface area contributed by atoms with Crippen molar-refractivity contribution in [2.75, 3.05) is 6.54 Å². The average Bonchev–Trinajstić information content (AvgIpc) is 2.87. The first-order valence-electron chi connectivity index (χ1n) is 6.31. The lowest BCUT2D eigenvalue weighted by molar-refractivity contribution is -0.122. The molecule has 0 saturated carbocycles. The van der Waals surface area contributed by atoms with Crippen LogP contribution >= 0.6 is 0 Å². The number of benzene rings is 1. The van der Waals surface area contributed by atoms with Gasteiger partial charge in [0.25, 0.3) is 0 Å². The summed E-state index contributed by atoms with van der Waals surface area (Å²) in [5.74, 6) is -0.524. The van der Waals surface area contributed by atoms with Crippen LogP contribution in [0, 0.1) is 11.3 Å². The topological polar surface area (TPSA) is 118 Å². The Labute approximate surface area is 120 Å². The Hall–Kier alpha value is -3.01. The van der Waals surface area contributed by atoms with Crippen molar-refractivity contribution in [2.24, 2.45) is 0 Å². The van der Waals surface area contributed by atoms with E-state index in [4.69, 9.17) is 10.4 Å². The number of aromatic amines is 1. The Bertz CT molecular complexity index is 702. The molecule has 7 heteroatoms. The molecule has 0 radical (unpaired) electrons. The van der Waals surface area contributed by atoms with Crippen LogP contribution in [0.2, 0.25) is 0 Å². The molecule has 1 heterocycles. The maximum atomic E-state index is 11.9. The molecule has 0 saturated heterocycles. The van der Waals surface area contributed by atoms with Crippen LogP contribution in [0.25, 0.3) is 10.9 Å². The van der Waals surface area contributed by atoms with Gasteiger partial charge in [-0.15, -0.1) is 0 Å². The molecule has 2 rings (SSSR count).